The molecule has 5 nitrogen and oxygen atoms in total. The van der Waals surface area contributed by atoms with Gasteiger partial charge in [-0.15, -0.1) is 0 Å². The molecule has 0 aliphatic heterocycles. The van der Waals surface area contributed by atoms with Crippen molar-refractivity contribution in [1.29, 1.82) is 0 Å². The molecule has 27 heavy (non-hydrogen) atoms. The number of halogens is 2. The Hall–Kier alpha value is -2.02. The lowest BCUT2D eigenvalue weighted by molar-refractivity contribution is -0.118. The van der Waals surface area contributed by atoms with Crippen molar-refractivity contribution in [3.8, 4) is 5.69 Å². The van der Waals surface area contributed by atoms with Crippen LogP contribution in [-0.2, 0) is 4.79 Å². The van der Waals surface area contributed by atoms with Crippen molar-refractivity contribution in [2.75, 3.05) is 5.75 Å². The molecule has 0 spiro atoms. The standard InChI is InChI=1S/C19H15Cl2N3O2S/c20-11-1-6-14(7-2-11)24-18(26)15-8-3-12(21)9-16(15)23-19(24)27-10-17(25)22-13-4-5-13/h1-3,6-9,13H,4-5,10H2,(H,22,25). The molecule has 1 fully saturated rings. The molecule has 138 valence electrons. The summed E-state index contributed by atoms with van der Waals surface area (Å²) in [7, 11) is 0. The molecular formula is C19H15Cl2N3O2S. The molecule has 1 aromatic heterocycles. The Morgan fingerprint density at radius 3 is 2.56 bits per heavy atom. The third kappa shape index (κ3) is 4.13. The molecule has 2 aromatic carbocycles. The van der Waals surface area contributed by atoms with Gasteiger partial charge in [-0.2, -0.15) is 0 Å². The molecule has 3 aromatic rings. The van der Waals surface area contributed by atoms with Crippen LogP contribution in [0, 0.1) is 0 Å². The minimum Gasteiger partial charge on any atom is -0.353 e. The van der Waals surface area contributed by atoms with Gasteiger partial charge in [0.15, 0.2) is 5.16 Å². The summed E-state index contributed by atoms with van der Waals surface area (Å²) in [4.78, 5) is 29.8. The number of nitrogens with one attached hydrogen (secondary N) is 1. The van der Waals surface area contributed by atoms with Gasteiger partial charge in [0, 0.05) is 16.1 Å². The number of hydrogen-bond acceptors (Lipinski definition) is 4. The molecule has 0 atom stereocenters. The largest absolute Gasteiger partial charge is 0.353 e. The Balaban J connectivity index is 1.78. The van der Waals surface area contributed by atoms with Crippen LogP contribution in [0.3, 0.4) is 0 Å². The van der Waals surface area contributed by atoms with Gasteiger partial charge in [-0.05, 0) is 55.3 Å². The van der Waals surface area contributed by atoms with Crippen LogP contribution in [-0.4, -0.2) is 27.3 Å². The molecule has 0 bridgehead atoms. The van der Waals surface area contributed by atoms with Crippen molar-refractivity contribution in [2.45, 2.75) is 24.0 Å². The van der Waals surface area contributed by atoms with Gasteiger partial charge in [0.25, 0.3) is 5.56 Å². The zero-order valence-corrected chi connectivity index (χ0v) is 16.4. The maximum atomic E-state index is 13.1. The van der Waals surface area contributed by atoms with E-state index in [2.05, 4.69) is 10.3 Å². The number of rotatable bonds is 5. The lowest BCUT2D eigenvalue weighted by Crippen LogP contribution is -2.28. The summed E-state index contributed by atoms with van der Waals surface area (Å²) >= 11 is 13.2. The SMILES string of the molecule is O=C(CSc1nc2cc(Cl)ccc2c(=O)n1-c1ccc(Cl)cc1)NC1CC1. The van der Waals surface area contributed by atoms with Crippen molar-refractivity contribution < 1.29 is 4.79 Å². The van der Waals surface area contributed by atoms with Crippen molar-refractivity contribution in [2.24, 2.45) is 0 Å². The number of thioether (sulfide) groups is 1. The van der Waals surface area contributed by atoms with E-state index in [0.717, 1.165) is 12.8 Å². The number of carbonyl (C=O) groups is 1. The molecule has 1 N–H and O–H groups in total. The molecule has 8 heteroatoms. The average molecular weight is 420 g/mol. The first kappa shape index (κ1) is 18.3. The Bertz CT molecular complexity index is 1080. The highest BCUT2D eigenvalue weighted by atomic mass is 35.5. The van der Waals surface area contributed by atoms with Crippen LogP contribution in [0.5, 0.6) is 0 Å². The van der Waals surface area contributed by atoms with Crippen LogP contribution in [0.1, 0.15) is 12.8 Å². The Morgan fingerprint density at radius 1 is 1.15 bits per heavy atom. The first-order valence-electron chi connectivity index (χ1n) is 8.42. The molecule has 1 aliphatic carbocycles. The van der Waals surface area contributed by atoms with Crippen LogP contribution >= 0.6 is 35.0 Å². The van der Waals surface area contributed by atoms with E-state index in [-0.39, 0.29) is 17.2 Å². The summed E-state index contributed by atoms with van der Waals surface area (Å²) in [6.45, 7) is 0. The second kappa shape index (κ2) is 7.54. The minimum absolute atomic E-state index is 0.0643. The summed E-state index contributed by atoms with van der Waals surface area (Å²) < 4.78 is 1.50. The van der Waals surface area contributed by atoms with E-state index in [1.165, 1.54) is 16.3 Å². The fraction of sp³-hybridized carbons (Fsp3) is 0.211. The zero-order chi connectivity index (χ0) is 19.0. The number of benzene rings is 2. The molecule has 1 saturated carbocycles. The topological polar surface area (TPSA) is 64.0 Å². The van der Waals surface area contributed by atoms with E-state index in [0.29, 0.717) is 37.8 Å². The van der Waals surface area contributed by atoms with Gasteiger partial charge in [-0.1, -0.05) is 35.0 Å². The highest BCUT2D eigenvalue weighted by Crippen LogP contribution is 2.24. The van der Waals surface area contributed by atoms with E-state index >= 15 is 0 Å². The van der Waals surface area contributed by atoms with Gasteiger partial charge in [-0.3, -0.25) is 14.2 Å². The molecule has 1 aliphatic rings. The fourth-order valence-electron chi connectivity index (χ4n) is 2.68. The summed E-state index contributed by atoms with van der Waals surface area (Å²) in [6, 6.07) is 12.2. The number of carbonyl (C=O) groups excluding carboxylic acids is 1. The number of aromatic nitrogens is 2. The van der Waals surface area contributed by atoms with Gasteiger partial charge in [-0.25, -0.2) is 4.98 Å². The van der Waals surface area contributed by atoms with Gasteiger partial charge in [0.1, 0.15) is 0 Å². The smallest absolute Gasteiger partial charge is 0.266 e. The predicted molar refractivity (Wildman–Crippen MR) is 109 cm³/mol. The van der Waals surface area contributed by atoms with E-state index in [4.69, 9.17) is 23.2 Å². The molecular weight excluding hydrogens is 405 g/mol. The average Bonchev–Trinajstić information content (AvgIpc) is 3.45. The monoisotopic (exact) mass is 419 g/mol. The predicted octanol–water partition coefficient (Wildman–Crippen LogP) is 4.06. The van der Waals surface area contributed by atoms with Crippen LogP contribution in [0.2, 0.25) is 10.0 Å². The van der Waals surface area contributed by atoms with E-state index in [1.54, 1.807) is 42.5 Å². The second-order valence-electron chi connectivity index (χ2n) is 6.30. The molecule has 1 heterocycles. The normalized spacial score (nSPS) is 13.7. The maximum absolute atomic E-state index is 13.1. The van der Waals surface area contributed by atoms with Crippen molar-refractivity contribution in [3.05, 3.63) is 62.9 Å². The Kier molecular flexibility index (Phi) is 5.12. The van der Waals surface area contributed by atoms with Crippen LogP contribution < -0.4 is 10.9 Å². The van der Waals surface area contributed by atoms with Crippen molar-refractivity contribution >= 4 is 51.8 Å². The third-order valence-corrected chi connectivity index (χ3v) is 5.59. The summed E-state index contributed by atoms with van der Waals surface area (Å²) in [5, 5.41) is 4.91. The second-order valence-corrected chi connectivity index (χ2v) is 8.12. The molecule has 4 rings (SSSR count). The lowest BCUT2D eigenvalue weighted by atomic mass is 10.2. The van der Waals surface area contributed by atoms with E-state index < -0.39 is 0 Å². The highest BCUT2D eigenvalue weighted by Gasteiger charge is 2.23. The minimum atomic E-state index is -0.218. The van der Waals surface area contributed by atoms with Gasteiger partial charge in [0.05, 0.1) is 22.3 Å². The first-order valence-corrected chi connectivity index (χ1v) is 10.2. The van der Waals surface area contributed by atoms with Gasteiger partial charge in [0.2, 0.25) is 5.91 Å². The zero-order valence-electron chi connectivity index (χ0n) is 14.1. The van der Waals surface area contributed by atoms with Crippen LogP contribution in [0.15, 0.2) is 52.4 Å². The number of nitrogens with zero attached hydrogens (tertiary/aromatic N) is 2. The van der Waals surface area contributed by atoms with Crippen LogP contribution in [0.25, 0.3) is 16.6 Å². The van der Waals surface area contributed by atoms with Gasteiger partial charge >= 0.3 is 0 Å². The van der Waals surface area contributed by atoms with Crippen molar-refractivity contribution in [3.63, 3.8) is 0 Å². The first-order chi connectivity index (χ1) is 13.0. The lowest BCUT2D eigenvalue weighted by Gasteiger charge is -2.13. The van der Waals surface area contributed by atoms with Crippen molar-refractivity contribution in [1.82, 2.24) is 14.9 Å². The van der Waals surface area contributed by atoms with E-state index in [1.807, 2.05) is 0 Å². The molecule has 0 unspecified atom stereocenters. The fourth-order valence-corrected chi connectivity index (χ4v) is 3.80. The Morgan fingerprint density at radius 2 is 1.85 bits per heavy atom. The summed E-state index contributed by atoms with van der Waals surface area (Å²) in [6.07, 6.45) is 2.05. The summed E-state index contributed by atoms with van der Waals surface area (Å²) in [5.41, 5.74) is 0.922. The maximum Gasteiger partial charge on any atom is 0.266 e. The van der Waals surface area contributed by atoms with Gasteiger partial charge < -0.3 is 5.32 Å². The quantitative estimate of drug-likeness (QED) is 0.500. The number of fused-ring (bicyclic) bond motifs is 1. The number of amides is 1. The molecule has 1 amide bonds. The Labute approximate surface area is 169 Å². The van der Waals surface area contributed by atoms with Crippen LogP contribution in [0.4, 0.5) is 0 Å². The molecule has 0 saturated heterocycles. The third-order valence-electron chi connectivity index (χ3n) is 4.16. The van der Waals surface area contributed by atoms with E-state index in [9.17, 15) is 9.59 Å². The summed E-state index contributed by atoms with van der Waals surface area (Å²) in [5.74, 6) is 0.119. The molecule has 0 radical (unpaired) electrons. The highest BCUT2D eigenvalue weighted by molar-refractivity contribution is 7.99. The number of hydrogen-bond donors (Lipinski definition) is 1.